The van der Waals surface area contributed by atoms with Crippen LogP contribution in [0.15, 0.2) is 24.5 Å². The minimum absolute atomic E-state index is 0.0692. The smallest absolute Gasteiger partial charge is 0.307 e. The zero-order valence-electron chi connectivity index (χ0n) is 9.16. The highest BCUT2D eigenvalue weighted by molar-refractivity contribution is 7.47. The summed E-state index contributed by atoms with van der Waals surface area (Å²) in [5.74, 6) is -0.110. The van der Waals surface area contributed by atoms with Crippen LogP contribution in [0.4, 0.5) is 0 Å². The van der Waals surface area contributed by atoms with Crippen LogP contribution in [0, 0.1) is 0 Å². The van der Waals surface area contributed by atoms with Crippen molar-refractivity contribution in [3.63, 3.8) is 0 Å². The van der Waals surface area contributed by atoms with E-state index in [2.05, 4.69) is 15.1 Å². The molecule has 2 heterocycles. The second kappa shape index (κ2) is 5.01. The SMILES string of the molecule is Cn1nc(PCC(=O)O)nc1-c1ccncc1. The molecular formula is C10H11N4O2P. The first kappa shape index (κ1) is 11.7. The molecule has 6 nitrogen and oxygen atoms in total. The van der Waals surface area contributed by atoms with Crippen LogP contribution in [-0.4, -0.2) is 37.0 Å². The fraction of sp³-hybridized carbons (Fsp3) is 0.200. The van der Waals surface area contributed by atoms with Crippen molar-refractivity contribution in [3.8, 4) is 11.4 Å². The third-order valence-corrected chi connectivity index (χ3v) is 3.11. The zero-order chi connectivity index (χ0) is 12.3. The van der Waals surface area contributed by atoms with Crippen LogP contribution in [0.5, 0.6) is 0 Å². The number of aliphatic carboxylic acids is 1. The number of hydrogen-bond acceptors (Lipinski definition) is 4. The van der Waals surface area contributed by atoms with E-state index in [-0.39, 0.29) is 14.7 Å². The molecule has 1 atom stereocenters. The van der Waals surface area contributed by atoms with Crippen LogP contribution in [0.2, 0.25) is 0 Å². The second-order valence-electron chi connectivity index (χ2n) is 3.37. The fourth-order valence-electron chi connectivity index (χ4n) is 1.37. The molecule has 0 aromatic carbocycles. The largest absolute Gasteiger partial charge is 0.481 e. The minimum atomic E-state index is -0.832. The third-order valence-electron chi connectivity index (χ3n) is 2.10. The van der Waals surface area contributed by atoms with Crippen molar-refractivity contribution >= 4 is 20.1 Å². The van der Waals surface area contributed by atoms with Gasteiger partial charge in [-0.1, -0.05) is 0 Å². The number of rotatable bonds is 4. The number of aromatic nitrogens is 4. The average molecular weight is 250 g/mol. The molecule has 1 unspecified atom stereocenters. The summed E-state index contributed by atoms with van der Waals surface area (Å²) in [6.07, 6.45) is 3.44. The van der Waals surface area contributed by atoms with E-state index < -0.39 is 5.97 Å². The first-order valence-electron chi connectivity index (χ1n) is 4.94. The zero-order valence-corrected chi connectivity index (χ0v) is 10.2. The lowest BCUT2D eigenvalue weighted by atomic mass is 10.2. The lowest BCUT2D eigenvalue weighted by molar-refractivity contribution is -0.133. The van der Waals surface area contributed by atoms with Gasteiger partial charge in [-0.05, 0) is 20.7 Å². The third kappa shape index (κ3) is 2.85. The fourth-order valence-corrected chi connectivity index (χ4v) is 2.08. The summed E-state index contributed by atoms with van der Waals surface area (Å²) in [7, 11) is 1.88. The lowest BCUT2D eigenvalue weighted by Gasteiger charge is -1.97. The number of nitrogens with zero attached hydrogens (tertiary/aromatic N) is 4. The van der Waals surface area contributed by atoms with Gasteiger partial charge in [-0.3, -0.25) is 9.78 Å². The normalized spacial score (nSPS) is 11.1. The number of hydrogen-bond donors (Lipinski definition) is 1. The summed E-state index contributed by atoms with van der Waals surface area (Å²) in [5, 5.41) is 12.8. The van der Waals surface area contributed by atoms with Crippen LogP contribution in [0.1, 0.15) is 0 Å². The number of pyridine rings is 1. The Labute approximate surface area is 99.5 Å². The molecule has 0 bridgehead atoms. The number of carbonyl (C=O) groups is 1. The Hall–Kier alpha value is -1.81. The summed E-state index contributed by atoms with van der Waals surface area (Å²) in [6, 6.07) is 3.68. The number of carboxylic acids is 1. The Morgan fingerprint density at radius 3 is 2.82 bits per heavy atom. The summed E-state index contributed by atoms with van der Waals surface area (Å²) in [6.45, 7) is 0. The Bertz CT molecular complexity index is 526. The topological polar surface area (TPSA) is 80.9 Å². The molecule has 88 valence electrons. The molecule has 1 N–H and O–H groups in total. The van der Waals surface area contributed by atoms with Crippen molar-refractivity contribution in [3.05, 3.63) is 24.5 Å². The van der Waals surface area contributed by atoms with Crippen LogP contribution < -0.4 is 5.57 Å². The molecule has 0 saturated heterocycles. The predicted molar refractivity (Wildman–Crippen MR) is 64.7 cm³/mol. The Balaban J connectivity index is 2.22. The maximum absolute atomic E-state index is 10.5. The maximum Gasteiger partial charge on any atom is 0.307 e. The van der Waals surface area contributed by atoms with Crippen LogP contribution in [-0.2, 0) is 11.8 Å². The van der Waals surface area contributed by atoms with Gasteiger partial charge >= 0.3 is 5.97 Å². The van der Waals surface area contributed by atoms with Gasteiger partial charge in [0.05, 0.1) is 6.16 Å². The van der Waals surface area contributed by atoms with E-state index in [0.717, 1.165) is 11.4 Å². The van der Waals surface area contributed by atoms with Gasteiger partial charge in [0.15, 0.2) is 11.4 Å². The van der Waals surface area contributed by atoms with Gasteiger partial charge in [0.2, 0.25) is 0 Å². The van der Waals surface area contributed by atoms with Gasteiger partial charge in [-0.15, -0.1) is 0 Å². The molecule has 0 aliphatic heterocycles. The Kier molecular flexibility index (Phi) is 3.44. The van der Waals surface area contributed by atoms with Crippen molar-refractivity contribution < 1.29 is 9.90 Å². The van der Waals surface area contributed by atoms with Crippen molar-refractivity contribution in [2.45, 2.75) is 0 Å². The van der Waals surface area contributed by atoms with E-state index in [0.29, 0.717) is 5.57 Å². The summed E-state index contributed by atoms with van der Waals surface area (Å²) in [4.78, 5) is 18.7. The van der Waals surface area contributed by atoms with Gasteiger partial charge in [-0.2, -0.15) is 5.10 Å². The molecule has 0 radical (unpaired) electrons. The summed E-state index contributed by atoms with van der Waals surface area (Å²) < 4.78 is 1.65. The molecule has 2 aromatic rings. The highest BCUT2D eigenvalue weighted by Gasteiger charge is 2.10. The Morgan fingerprint density at radius 1 is 1.47 bits per heavy atom. The molecule has 2 aromatic heterocycles. The van der Waals surface area contributed by atoms with Crippen LogP contribution >= 0.6 is 8.58 Å². The van der Waals surface area contributed by atoms with Gasteiger partial charge in [0.1, 0.15) is 0 Å². The van der Waals surface area contributed by atoms with E-state index in [1.54, 1.807) is 24.1 Å². The van der Waals surface area contributed by atoms with Crippen molar-refractivity contribution in [1.29, 1.82) is 0 Å². The molecule has 0 aliphatic carbocycles. The number of aryl methyl sites for hydroxylation is 1. The van der Waals surface area contributed by atoms with Crippen LogP contribution in [0.3, 0.4) is 0 Å². The van der Waals surface area contributed by atoms with Crippen LogP contribution in [0.25, 0.3) is 11.4 Å². The summed E-state index contributed by atoms with van der Waals surface area (Å²) >= 11 is 0. The van der Waals surface area contributed by atoms with E-state index in [1.807, 2.05) is 12.1 Å². The standard InChI is InChI=1S/C10H11N4O2P/c1-14-9(7-2-4-11-5-3-7)12-10(13-14)17-6-8(15)16/h2-5,17H,6H2,1H3,(H,15,16). The molecular weight excluding hydrogens is 239 g/mol. The second-order valence-corrected chi connectivity index (χ2v) is 4.52. The van der Waals surface area contributed by atoms with E-state index in [1.165, 1.54) is 0 Å². The van der Waals surface area contributed by atoms with E-state index >= 15 is 0 Å². The van der Waals surface area contributed by atoms with Gasteiger partial charge in [0, 0.05) is 25.0 Å². The monoisotopic (exact) mass is 250 g/mol. The van der Waals surface area contributed by atoms with E-state index in [9.17, 15) is 4.79 Å². The predicted octanol–water partition coefficient (Wildman–Crippen LogP) is 0.266. The first-order valence-corrected chi connectivity index (χ1v) is 6.14. The summed E-state index contributed by atoms with van der Waals surface area (Å²) in [5.41, 5.74) is 1.49. The molecule has 0 saturated carbocycles. The molecule has 0 fully saturated rings. The van der Waals surface area contributed by atoms with Gasteiger partial charge < -0.3 is 5.11 Å². The van der Waals surface area contributed by atoms with Gasteiger partial charge in [-0.25, -0.2) is 9.67 Å². The van der Waals surface area contributed by atoms with Crippen molar-refractivity contribution in [1.82, 2.24) is 19.7 Å². The highest BCUT2D eigenvalue weighted by Crippen LogP contribution is 2.15. The molecule has 0 aliphatic rings. The average Bonchev–Trinajstić information content (AvgIpc) is 2.69. The molecule has 0 amide bonds. The van der Waals surface area contributed by atoms with E-state index in [4.69, 9.17) is 5.11 Å². The Morgan fingerprint density at radius 2 is 2.18 bits per heavy atom. The van der Waals surface area contributed by atoms with Crippen molar-refractivity contribution in [2.24, 2.45) is 7.05 Å². The molecule has 0 spiro atoms. The molecule has 2 rings (SSSR count). The minimum Gasteiger partial charge on any atom is -0.481 e. The lowest BCUT2D eigenvalue weighted by Crippen LogP contribution is -2.07. The van der Waals surface area contributed by atoms with Gasteiger partial charge in [0.25, 0.3) is 0 Å². The highest BCUT2D eigenvalue weighted by atomic mass is 31.1. The maximum atomic E-state index is 10.5. The van der Waals surface area contributed by atoms with Crippen molar-refractivity contribution in [2.75, 3.05) is 6.16 Å². The quantitative estimate of drug-likeness (QED) is 0.787. The molecule has 17 heavy (non-hydrogen) atoms. The number of carboxylic acid groups (broad SMARTS) is 1. The molecule has 7 heteroatoms. The first-order chi connectivity index (χ1) is 8.16.